The van der Waals surface area contributed by atoms with E-state index in [1.54, 1.807) is 48.5 Å². The summed E-state index contributed by atoms with van der Waals surface area (Å²) in [5.41, 5.74) is -0.134. The van der Waals surface area contributed by atoms with E-state index in [9.17, 15) is 39.3 Å². The third-order valence-electron chi connectivity index (χ3n) is 12.6. The monoisotopic (exact) mass is 1050 g/mol. The molecule has 1 heterocycles. The molecule has 18 heteroatoms. The molecule has 6 rings (SSSR count). The maximum Gasteiger partial charge on any atom is 0.330 e. The molecule has 2 saturated carbocycles. The topological polar surface area (TPSA) is 224 Å². The minimum Gasteiger partial charge on any atom is -0.494 e. The van der Waals surface area contributed by atoms with Crippen molar-refractivity contribution in [3.8, 4) is 46.6 Å². The molecule has 2 aliphatic carbocycles. The Kier molecular flexibility index (Phi) is 22.5. The summed E-state index contributed by atoms with van der Waals surface area (Å²) in [5, 5.41) is 19.3. The predicted octanol–water partition coefficient (Wildman–Crippen LogP) is 11.1. The summed E-state index contributed by atoms with van der Waals surface area (Å²) in [6, 6.07) is 20.5. The number of nitrogens with zero attached hydrogens (tertiary/aromatic N) is 2. The highest BCUT2D eigenvalue weighted by atomic mass is 32.2. The zero-order valence-electron chi connectivity index (χ0n) is 41.2. The second-order valence-electron chi connectivity index (χ2n) is 17.8. The average Bonchev–Trinajstić information content (AvgIpc) is 3.88. The minimum absolute atomic E-state index is 0.134. The molecular formula is C56H60N2O14S2. The SMILES string of the molecule is C=CC(=O)OCCCCCCOc1ccc(OC(=O)[C@H]2CC[C@H](C(=O)Oc3ccc(OC(=O)[C@H]4CC[C@H](C(=O)Oc5ccc(OCCCCCCOC(=O)C=C)cc5)CC4)c4c3SC(=C(C#N)C#N)S4)CC2)cc1. The molecule has 3 aromatic carbocycles. The molecule has 0 N–H and O–H groups in total. The van der Waals surface area contributed by atoms with Gasteiger partial charge in [0.2, 0.25) is 0 Å². The van der Waals surface area contributed by atoms with Crippen molar-refractivity contribution < 1.29 is 66.7 Å². The van der Waals surface area contributed by atoms with E-state index in [0.29, 0.717) is 115 Å². The standard InChI is InChI=1S/C56H60N2O14S2/c1-3-48(59)67-33-11-7-5-9-31-65-42-21-25-44(26-22-42)69-52(61)37-13-17-39(18-14-37)54(63)71-46-29-30-47(51-50(46)73-56(74-51)41(35-57)36-58)72-55(64)40-19-15-38(16-20-40)53(62)70-45-27-23-43(24-28-45)66-32-10-6-8-12-34-68-49(60)4-2/h3-4,21-30,37-40H,1-2,5-20,31-34H2/t37-,38-,39-,40-. The summed E-state index contributed by atoms with van der Waals surface area (Å²) in [4.78, 5) is 76.5. The molecule has 0 aromatic heterocycles. The molecular weight excluding hydrogens is 989 g/mol. The van der Waals surface area contributed by atoms with Crippen LogP contribution in [0.5, 0.6) is 34.5 Å². The number of hydrogen-bond acceptors (Lipinski definition) is 18. The summed E-state index contributed by atoms with van der Waals surface area (Å²) in [6.07, 6.45) is 12.4. The second-order valence-corrected chi connectivity index (χ2v) is 20.1. The van der Waals surface area contributed by atoms with Gasteiger partial charge in [-0.25, -0.2) is 9.59 Å². The lowest BCUT2D eigenvalue weighted by Crippen LogP contribution is -2.30. The van der Waals surface area contributed by atoms with Crippen LogP contribution in [0, 0.1) is 46.3 Å². The minimum atomic E-state index is -0.490. The Bertz CT molecular complexity index is 2410. The lowest BCUT2D eigenvalue weighted by Gasteiger charge is -2.26. The quantitative estimate of drug-likeness (QED) is 0.0239. The highest BCUT2D eigenvalue weighted by Crippen LogP contribution is 2.59. The lowest BCUT2D eigenvalue weighted by molar-refractivity contribution is -0.145. The zero-order chi connectivity index (χ0) is 52.7. The van der Waals surface area contributed by atoms with Crippen molar-refractivity contribution in [1.29, 1.82) is 10.5 Å². The van der Waals surface area contributed by atoms with Crippen LogP contribution in [0.4, 0.5) is 0 Å². The van der Waals surface area contributed by atoms with Gasteiger partial charge in [-0.05, 0) is 163 Å². The van der Waals surface area contributed by atoms with E-state index in [2.05, 4.69) is 13.2 Å². The Morgan fingerprint density at radius 2 is 0.770 bits per heavy atom. The smallest absolute Gasteiger partial charge is 0.330 e. The summed E-state index contributed by atoms with van der Waals surface area (Å²) < 4.78 is 45.2. The van der Waals surface area contributed by atoms with E-state index in [0.717, 1.165) is 87.0 Å². The molecule has 0 unspecified atom stereocenters. The molecule has 0 radical (unpaired) electrons. The number of carbonyl (C=O) groups is 6. The van der Waals surface area contributed by atoms with Crippen LogP contribution in [0.15, 0.2) is 106 Å². The van der Waals surface area contributed by atoms with Crippen molar-refractivity contribution in [2.75, 3.05) is 26.4 Å². The number of esters is 6. The van der Waals surface area contributed by atoms with Crippen molar-refractivity contribution in [2.45, 2.75) is 113 Å². The molecule has 16 nitrogen and oxygen atoms in total. The van der Waals surface area contributed by atoms with Crippen molar-refractivity contribution >= 4 is 59.3 Å². The fourth-order valence-corrected chi connectivity index (χ4v) is 10.9. The molecule has 0 bridgehead atoms. The largest absolute Gasteiger partial charge is 0.494 e. The van der Waals surface area contributed by atoms with Gasteiger partial charge in [0.1, 0.15) is 52.2 Å². The number of thioether (sulfide) groups is 2. The highest BCUT2D eigenvalue weighted by Gasteiger charge is 2.37. The maximum atomic E-state index is 13.6. The molecule has 390 valence electrons. The third kappa shape index (κ3) is 17.3. The molecule has 0 amide bonds. The Morgan fingerprint density at radius 1 is 0.459 bits per heavy atom. The first-order chi connectivity index (χ1) is 36.0. The Balaban J connectivity index is 0.925. The molecule has 0 saturated heterocycles. The van der Waals surface area contributed by atoms with E-state index in [4.69, 9.17) is 37.9 Å². The van der Waals surface area contributed by atoms with Gasteiger partial charge in [0.15, 0.2) is 0 Å². The Morgan fingerprint density at radius 3 is 1.09 bits per heavy atom. The number of hydrogen-bond donors (Lipinski definition) is 0. The van der Waals surface area contributed by atoms with E-state index in [1.165, 1.54) is 12.1 Å². The molecule has 1 aliphatic heterocycles. The van der Waals surface area contributed by atoms with Crippen LogP contribution < -0.4 is 28.4 Å². The summed E-state index contributed by atoms with van der Waals surface area (Å²) in [7, 11) is 0. The molecule has 74 heavy (non-hydrogen) atoms. The van der Waals surface area contributed by atoms with Crippen LogP contribution in [0.3, 0.4) is 0 Å². The lowest BCUT2D eigenvalue weighted by atomic mass is 9.82. The van der Waals surface area contributed by atoms with Crippen LogP contribution in [-0.2, 0) is 38.2 Å². The first-order valence-electron chi connectivity index (χ1n) is 25.0. The maximum absolute atomic E-state index is 13.6. The fraction of sp³-hybridized carbons (Fsp3) is 0.429. The number of ether oxygens (including phenoxy) is 8. The fourth-order valence-electron chi connectivity index (χ4n) is 8.38. The summed E-state index contributed by atoms with van der Waals surface area (Å²) in [6.45, 7) is 8.52. The molecule has 0 spiro atoms. The van der Waals surface area contributed by atoms with Gasteiger partial charge >= 0.3 is 35.8 Å². The van der Waals surface area contributed by atoms with Gasteiger partial charge in [-0.2, -0.15) is 10.5 Å². The van der Waals surface area contributed by atoms with Gasteiger partial charge in [0.05, 0.1) is 64.1 Å². The van der Waals surface area contributed by atoms with Gasteiger partial charge in [0.25, 0.3) is 0 Å². The number of benzene rings is 3. The third-order valence-corrected chi connectivity index (χ3v) is 15.2. The van der Waals surface area contributed by atoms with Crippen LogP contribution in [-0.4, -0.2) is 62.2 Å². The molecule has 3 aromatic rings. The van der Waals surface area contributed by atoms with Gasteiger partial charge in [-0.15, -0.1) is 0 Å². The number of fused-ring (bicyclic) bond motifs is 1. The summed E-state index contributed by atoms with van der Waals surface area (Å²) in [5.74, 6) is -1.89. The molecule has 2 fully saturated rings. The number of allylic oxidation sites excluding steroid dienone is 1. The number of rotatable bonds is 26. The number of carbonyl (C=O) groups excluding carboxylic acids is 6. The van der Waals surface area contributed by atoms with E-state index in [-0.39, 0.29) is 29.0 Å². The Hall–Kier alpha value is -7.02. The van der Waals surface area contributed by atoms with E-state index < -0.39 is 47.5 Å². The van der Waals surface area contributed by atoms with Crippen molar-refractivity contribution in [3.63, 3.8) is 0 Å². The van der Waals surface area contributed by atoms with Gasteiger partial charge in [-0.1, -0.05) is 36.7 Å². The second kappa shape index (κ2) is 29.6. The normalized spacial score (nSPS) is 17.7. The summed E-state index contributed by atoms with van der Waals surface area (Å²) >= 11 is 2.17. The first kappa shape index (κ1) is 56.3. The van der Waals surface area contributed by atoms with Crippen molar-refractivity contribution in [1.82, 2.24) is 0 Å². The van der Waals surface area contributed by atoms with Crippen molar-refractivity contribution in [2.24, 2.45) is 23.7 Å². The van der Waals surface area contributed by atoms with Gasteiger partial charge in [0, 0.05) is 12.2 Å². The zero-order valence-corrected chi connectivity index (χ0v) is 42.9. The van der Waals surface area contributed by atoms with Gasteiger partial charge in [-0.3, -0.25) is 19.2 Å². The highest BCUT2D eigenvalue weighted by molar-refractivity contribution is 8.24. The van der Waals surface area contributed by atoms with E-state index >= 15 is 0 Å². The van der Waals surface area contributed by atoms with Crippen molar-refractivity contribution in [3.05, 3.63) is 95.8 Å². The van der Waals surface area contributed by atoms with Crippen LogP contribution in [0.1, 0.15) is 103 Å². The van der Waals surface area contributed by atoms with Crippen LogP contribution >= 0.6 is 23.5 Å². The first-order valence-corrected chi connectivity index (χ1v) is 26.6. The van der Waals surface area contributed by atoms with Crippen LogP contribution in [0.2, 0.25) is 0 Å². The van der Waals surface area contributed by atoms with E-state index in [1.807, 2.05) is 12.1 Å². The van der Waals surface area contributed by atoms with Gasteiger partial charge < -0.3 is 37.9 Å². The predicted molar refractivity (Wildman–Crippen MR) is 273 cm³/mol. The number of nitriles is 2. The Labute approximate surface area is 439 Å². The average molecular weight is 1050 g/mol. The van der Waals surface area contributed by atoms with Crippen LogP contribution in [0.25, 0.3) is 0 Å². The molecule has 3 aliphatic rings. The number of unbranched alkanes of at least 4 members (excludes halogenated alkanes) is 6. The molecule has 0 atom stereocenters.